The number of anilines is 1. The summed E-state index contributed by atoms with van der Waals surface area (Å²) in [6.07, 6.45) is 2.11. The fraction of sp³-hybridized carbons (Fsp3) is 0.350. The molecule has 3 rings (SSSR count). The molecule has 1 aromatic heterocycles. The summed E-state index contributed by atoms with van der Waals surface area (Å²) < 4.78 is 54.8. The standard InChI is InChI=1S/C20H24N4O7S2/c1-14(19(25)23-16-4-2-5-17(12-16)32(21,27)28)31-20(26)15-7-10-24(11-8-15)33(29,30)18-6-3-9-22-13-18/h2-6,9,12-15H,7-8,10-11H2,1H3,(H,23,25)(H2,21,27,28). The maximum absolute atomic E-state index is 12.7. The number of pyridine rings is 1. The van der Waals surface area contributed by atoms with Gasteiger partial charge >= 0.3 is 5.97 Å². The van der Waals surface area contributed by atoms with Crippen LogP contribution >= 0.6 is 0 Å². The Hall–Kier alpha value is -2.87. The Kier molecular flexibility index (Phi) is 7.47. The number of esters is 1. The smallest absolute Gasteiger partial charge is 0.309 e. The lowest BCUT2D eigenvalue weighted by Gasteiger charge is -2.30. The molecular formula is C20H24N4O7S2. The lowest BCUT2D eigenvalue weighted by Crippen LogP contribution is -2.41. The van der Waals surface area contributed by atoms with Crippen LogP contribution in [0.3, 0.4) is 0 Å². The SMILES string of the molecule is CC(OC(=O)C1CCN(S(=O)(=O)c2cccnc2)CC1)C(=O)Nc1cccc(S(N)(=O)=O)c1. The molecular weight excluding hydrogens is 472 g/mol. The first-order valence-electron chi connectivity index (χ1n) is 10.0. The minimum Gasteiger partial charge on any atom is -0.452 e. The molecule has 2 heterocycles. The largest absolute Gasteiger partial charge is 0.452 e. The van der Waals surface area contributed by atoms with Crippen LogP contribution in [0.2, 0.25) is 0 Å². The average Bonchev–Trinajstić information content (AvgIpc) is 2.79. The Morgan fingerprint density at radius 2 is 1.79 bits per heavy atom. The van der Waals surface area contributed by atoms with Gasteiger partial charge in [0.2, 0.25) is 20.0 Å². The highest BCUT2D eigenvalue weighted by atomic mass is 32.2. The van der Waals surface area contributed by atoms with Crippen LogP contribution in [0.1, 0.15) is 19.8 Å². The molecule has 2 aromatic rings. The van der Waals surface area contributed by atoms with Crippen LogP contribution in [0.15, 0.2) is 58.6 Å². The Balaban J connectivity index is 1.54. The molecule has 1 unspecified atom stereocenters. The fourth-order valence-corrected chi connectivity index (χ4v) is 5.29. The number of piperidine rings is 1. The van der Waals surface area contributed by atoms with Crippen LogP contribution in [0.5, 0.6) is 0 Å². The van der Waals surface area contributed by atoms with E-state index >= 15 is 0 Å². The first kappa shape index (κ1) is 24.8. The lowest BCUT2D eigenvalue weighted by molar-refractivity contribution is -0.158. The average molecular weight is 497 g/mol. The number of rotatable bonds is 7. The number of aromatic nitrogens is 1. The highest BCUT2D eigenvalue weighted by molar-refractivity contribution is 7.89. The normalized spacial score (nSPS) is 16.7. The number of primary sulfonamides is 1. The molecule has 1 aliphatic heterocycles. The summed E-state index contributed by atoms with van der Waals surface area (Å²) in [5, 5.41) is 7.56. The van der Waals surface area contributed by atoms with E-state index in [2.05, 4.69) is 10.3 Å². The van der Waals surface area contributed by atoms with Crippen molar-refractivity contribution >= 4 is 37.6 Å². The zero-order chi connectivity index (χ0) is 24.2. The van der Waals surface area contributed by atoms with E-state index in [4.69, 9.17) is 9.88 Å². The third kappa shape index (κ3) is 6.13. The fourth-order valence-electron chi connectivity index (χ4n) is 3.30. The van der Waals surface area contributed by atoms with Gasteiger partial charge in [-0.05, 0) is 50.1 Å². The Labute approximate surface area is 192 Å². The molecule has 1 atom stereocenters. The first-order chi connectivity index (χ1) is 15.5. The van der Waals surface area contributed by atoms with E-state index in [1.54, 1.807) is 0 Å². The third-order valence-electron chi connectivity index (χ3n) is 5.15. The minimum atomic E-state index is -3.93. The summed E-state index contributed by atoms with van der Waals surface area (Å²) in [6.45, 7) is 1.66. The topological polar surface area (TPSA) is 166 Å². The Morgan fingerprint density at radius 3 is 2.39 bits per heavy atom. The number of carbonyl (C=O) groups is 2. The molecule has 0 spiro atoms. The predicted molar refractivity (Wildman–Crippen MR) is 118 cm³/mol. The predicted octanol–water partition coefficient (Wildman–Crippen LogP) is 0.700. The summed E-state index contributed by atoms with van der Waals surface area (Å²) in [5.41, 5.74) is 0.184. The van der Waals surface area contributed by atoms with Crippen LogP contribution in [-0.4, -0.2) is 57.2 Å². The number of carbonyl (C=O) groups excluding carboxylic acids is 2. The molecule has 1 amide bonds. The highest BCUT2D eigenvalue weighted by Gasteiger charge is 2.34. The molecule has 178 valence electrons. The van der Waals surface area contributed by atoms with Crippen molar-refractivity contribution in [1.82, 2.24) is 9.29 Å². The van der Waals surface area contributed by atoms with E-state index in [0.29, 0.717) is 0 Å². The van der Waals surface area contributed by atoms with E-state index in [-0.39, 0.29) is 41.4 Å². The van der Waals surface area contributed by atoms with Crippen molar-refractivity contribution in [2.24, 2.45) is 11.1 Å². The second kappa shape index (κ2) is 9.95. The molecule has 1 aliphatic rings. The van der Waals surface area contributed by atoms with E-state index in [1.165, 1.54) is 60.0 Å². The van der Waals surface area contributed by atoms with Gasteiger partial charge in [-0.15, -0.1) is 0 Å². The maximum atomic E-state index is 12.7. The van der Waals surface area contributed by atoms with Crippen molar-refractivity contribution in [2.75, 3.05) is 18.4 Å². The molecule has 1 saturated heterocycles. The molecule has 1 fully saturated rings. The van der Waals surface area contributed by atoms with Crippen LogP contribution in [0.4, 0.5) is 5.69 Å². The number of nitrogens with zero attached hydrogens (tertiary/aromatic N) is 2. The number of hydrogen-bond acceptors (Lipinski definition) is 8. The lowest BCUT2D eigenvalue weighted by atomic mass is 9.98. The van der Waals surface area contributed by atoms with E-state index in [1.807, 2.05) is 0 Å². The zero-order valence-electron chi connectivity index (χ0n) is 17.7. The van der Waals surface area contributed by atoms with Crippen molar-refractivity contribution < 1.29 is 31.2 Å². The summed E-state index contributed by atoms with van der Waals surface area (Å²) in [5.74, 6) is -1.80. The maximum Gasteiger partial charge on any atom is 0.309 e. The van der Waals surface area contributed by atoms with E-state index in [9.17, 15) is 26.4 Å². The van der Waals surface area contributed by atoms with Gasteiger partial charge in [-0.1, -0.05) is 6.07 Å². The van der Waals surface area contributed by atoms with Gasteiger partial charge in [0.15, 0.2) is 6.10 Å². The monoisotopic (exact) mass is 496 g/mol. The van der Waals surface area contributed by atoms with Gasteiger partial charge in [-0.2, -0.15) is 4.31 Å². The number of benzene rings is 1. The summed E-state index contributed by atoms with van der Waals surface area (Å²) in [7, 11) is -7.63. The van der Waals surface area contributed by atoms with Crippen molar-refractivity contribution in [3.8, 4) is 0 Å². The first-order valence-corrected chi connectivity index (χ1v) is 13.0. The molecule has 13 heteroatoms. The zero-order valence-corrected chi connectivity index (χ0v) is 19.4. The van der Waals surface area contributed by atoms with Gasteiger partial charge < -0.3 is 10.1 Å². The Morgan fingerprint density at radius 1 is 1.12 bits per heavy atom. The number of sulfonamides is 2. The number of nitrogens with one attached hydrogen (secondary N) is 1. The van der Waals surface area contributed by atoms with Gasteiger partial charge in [0.25, 0.3) is 5.91 Å². The quantitative estimate of drug-likeness (QED) is 0.529. The van der Waals surface area contributed by atoms with Crippen LogP contribution in [0.25, 0.3) is 0 Å². The van der Waals surface area contributed by atoms with Gasteiger partial charge in [-0.25, -0.2) is 22.0 Å². The number of nitrogens with two attached hydrogens (primary N) is 1. The molecule has 0 saturated carbocycles. The van der Waals surface area contributed by atoms with Crippen molar-refractivity contribution in [3.05, 3.63) is 48.8 Å². The van der Waals surface area contributed by atoms with Gasteiger partial charge in [0.1, 0.15) is 4.90 Å². The molecule has 0 bridgehead atoms. The summed E-state index contributed by atoms with van der Waals surface area (Å²) in [6, 6.07) is 8.37. The molecule has 1 aromatic carbocycles. The van der Waals surface area contributed by atoms with Crippen LogP contribution in [0, 0.1) is 5.92 Å². The molecule has 0 aliphatic carbocycles. The van der Waals surface area contributed by atoms with Crippen molar-refractivity contribution in [3.63, 3.8) is 0 Å². The van der Waals surface area contributed by atoms with Gasteiger partial charge in [-0.3, -0.25) is 14.6 Å². The van der Waals surface area contributed by atoms with Crippen LogP contribution in [-0.2, 0) is 34.4 Å². The number of ether oxygens (including phenoxy) is 1. The van der Waals surface area contributed by atoms with E-state index in [0.717, 1.165) is 0 Å². The second-order valence-corrected chi connectivity index (χ2v) is 11.0. The van der Waals surface area contributed by atoms with Crippen LogP contribution < -0.4 is 10.5 Å². The molecule has 33 heavy (non-hydrogen) atoms. The molecule has 11 nitrogen and oxygen atoms in total. The molecule has 0 radical (unpaired) electrons. The van der Waals surface area contributed by atoms with E-state index < -0.39 is 43.9 Å². The van der Waals surface area contributed by atoms with Crippen molar-refractivity contribution in [1.29, 1.82) is 0 Å². The second-order valence-electron chi connectivity index (χ2n) is 7.51. The van der Waals surface area contributed by atoms with Gasteiger partial charge in [0.05, 0.1) is 10.8 Å². The summed E-state index contributed by atoms with van der Waals surface area (Å²) in [4.78, 5) is 28.6. The Bertz CT molecular complexity index is 1230. The number of hydrogen-bond donors (Lipinski definition) is 2. The highest BCUT2D eigenvalue weighted by Crippen LogP contribution is 2.25. The summed E-state index contributed by atoms with van der Waals surface area (Å²) >= 11 is 0. The van der Waals surface area contributed by atoms with Gasteiger partial charge in [0, 0.05) is 31.2 Å². The number of amides is 1. The molecule has 3 N–H and O–H groups in total. The van der Waals surface area contributed by atoms with Crippen molar-refractivity contribution in [2.45, 2.75) is 35.7 Å². The third-order valence-corrected chi connectivity index (χ3v) is 7.94. The minimum absolute atomic E-state index is 0.0859.